The number of hydrogen-bond acceptors (Lipinski definition) is 4. The highest BCUT2D eigenvalue weighted by atomic mass is 32.2. The molecule has 0 spiro atoms. The van der Waals surface area contributed by atoms with Crippen molar-refractivity contribution in [3.05, 3.63) is 52.9 Å². The van der Waals surface area contributed by atoms with Gasteiger partial charge in [0.1, 0.15) is 0 Å². The van der Waals surface area contributed by atoms with Gasteiger partial charge in [0.15, 0.2) is 0 Å². The van der Waals surface area contributed by atoms with Crippen molar-refractivity contribution in [1.82, 2.24) is 10.2 Å². The highest BCUT2D eigenvalue weighted by molar-refractivity contribution is 8.05. The number of nitrogens with zero attached hydrogens (tertiary/aromatic N) is 2. The Hall–Kier alpha value is -2.05. The van der Waals surface area contributed by atoms with Gasteiger partial charge in [-0.2, -0.15) is 0 Å². The Morgan fingerprint density at radius 1 is 1.24 bits per heavy atom. The van der Waals surface area contributed by atoms with Crippen LogP contribution in [0.15, 0.2) is 47.4 Å². The summed E-state index contributed by atoms with van der Waals surface area (Å²) in [6.07, 6.45) is 6.94. The van der Waals surface area contributed by atoms with Crippen LogP contribution in [0.25, 0.3) is 0 Å². The first-order valence-electron chi connectivity index (χ1n) is 10.5. The minimum Gasteiger partial charge on any atom is -0.320 e. The van der Waals surface area contributed by atoms with Gasteiger partial charge in [-0.3, -0.25) is 14.5 Å². The molecule has 0 aliphatic carbocycles. The van der Waals surface area contributed by atoms with Gasteiger partial charge in [-0.15, -0.1) is 0 Å². The first-order valence-corrected chi connectivity index (χ1v) is 11.4. The van der Waals surface area contributed by atoms with E-state index in [4.69, 9.17) is 0 Å². The van der Waals surface area contributed by atoms with Crippen LogP contribution in [0.1, 0.15) is 44.6 Å². The summed E-state index contributed by atoms with van der Waals surface area (Å²) < 4.78 is 0. The van der Waals surface area contributed by atoms with Crippen molar-refractivity contribution in [2.75, 3.05) is 24.5 Å². The molecule has 1 unspecified atom stereocenters. The largest absolute Gasteiger partial charge is 0.320 e. The summed E-state index contributed by atoms with van der Waals surface area (Å²) in [7, 11) is 0. The Bertz CT molecular complexity index is 754. The Kier molecular flexibility index (Phi) is 7.95. The number of benzene rings is 1. The van der Waals surface area contributed by atoms with E-state index in [0.717, 1.165) is 23.7 Å². The molecular weight excluding hydrogens is 382 g/mol. The summed E-state index contributed by atoms with van der Waals surface area (Å²) in [5, 5.41) is 5.41. The predicted octanol–water partition coefficient (Wildman–Crippen LogP) is 4.27. The lowest BCUT2D eigenvalue weighted by atomic mass is 10.1. The van der Waals surface area contributed by atoms with Crippen LogP contribution in [0, 0.1) is 5.92 Å². The molecule has 1 aromatic rings. The van der Waals surface area contributed by atoms with E-state index in [-0.39, 0.29) is 24.2 Å². The minimum absolute atomic E-state index is 0.00586. The van der Waals surface area contributed by atoms with E-state index >= 15 is 0 Å². The number of carbonyl (C=O) groups is 2. The fraction of sp³-hybridized carbons (Fsp3) is 0.478. The van der Waals surface area contributed by atoms with Crippen molar-refractivity contribution in [2.45, 2.75) is 45.6 Å². The van der Waals surface area contributed by atoms with E-state index in [1.807, 2.05) is 25.1 Å². The molecule has 2 heterocycles. The molecule has 2 amide bonds. The topological polar surface area (TPSA) is 52.7 Å². The van der Waals surface area contributed by atoms with Gasteiger partial charge < -0.3 is 10.2 Å². The summed E-state index contributed by atoms with van der Waals surface area (Å²) in [6.45, 7) is 9.45. The van der Waals surface area contributed by atoms with E-state index in [0.29, 0.717) is 6.54 Å². The maximum atomic E-state index is 12.6. The molecule has 3 rings (SSSR count). The first kappa shape index (κ1) is 21.7. The number of likely N-dealkylation sites (tertiary alicyclic amines) is 1. The minimum atomic E-state index is -0.332. The molecule has 2 aliphatic heterocycles. The average Bonchev–Trinajstić information content (AvgIpc) is 3.12. The molecule has 1 atom stereocenters. The third-order valence-electron chi connectivity index (χ3n) is 5.44. The standard InChI is InChI=1S/C23H31N3O2S/c1-3-8-21(29-4-2)24-23(28)19-15-22(27)26(17-19)20-11-9-18(10-12-20)16-25-13-6-5-7-14-25/h4,8-12,19H,2-3,5-7,13-17H2,1H3,(H,24,28)/b21-8-. The van der Waals surface area contributed by atoms with Gasteiger partial charge in [-0.1, -0.05) is 49.9 Å². The molecule has 0 bridgehead atoms. The fourth-order valence-electron chi connectivity index (χ4n) is 3.92. The number of nitrogens with one attached hydrogen (secondary N) is 1. The molecule has 0 aromatic heterocycles. The number of hydrogen-bond donors (Lipinski definition) is 1. The smallest absolute Gasteiger partial charge is 0.230 e. The predicted molar refractivity (Wildman–Crippen MR) is 120 cm³/mol. The van der Waals surface area contributed by atoms with E-state index < -0.39 is 0 Å². The number of thioether (sulfide) groups is 1. The van der Waals surface area contributed by atoms with Crippen molar-refractivity contribution >= 4 is 29.3 Å². The Morgan fingerprint density at radius 2 is 1.97 bits per heavy atom. The zero-order valence-electron chi connectivity index (χ0n) is 17.2. The molecule has 0 radical (unpaired) electrons. The molecule has 5 nitrogen and oxygen atoms in total. The van der Waals surface area contributed by atoms with Crippen LogP contribution < -0.4 is 10.2 Å². The van der Waals surface area contributed by atoms with Crippen LogP contribution in [-0.4, -0.2) is 36.3 Å². The van der Waals surface area contributed by atoms with Crippen LogP contribution in [-0.2, 0) is 16.1 Å². The molecule has 2 aliphatic rings. The molecule has 156 valence electrons. The van der Waals surface area contributed by atoms with Crippen LogP contribution in [0.5, 0.6) is 0 Å². The van der Waals surface area contributed by atoms with Gasteiger partial charge in [0.2, 0.25) is 11.8 Å². The molecule has 2 saturated heterocycles. The second-order valence-electron chi connectivity index (χ2n) is 7.66. The molecule has 1 N–H and O–H groups in total. The normalized spacial score (nSPS) is 20.7. The third-order valence-corrected chi connectivity index (χ3v) is 6.13. The van der Waals surface area contributed by atoms with Gasteiger partial charge in [0.25, 0.3) is 0 Å². The van der Waals surface area contributed by atoms with E-state index in [1.54, 1.807) is 10.3 Å². The van der Waals surface area contributed by atoms with Gasteiger partial charge in [0, 0.05) is 25.2 Å². The highest BCUT2D eigenvalue weighted by Gasteiger charge is 2.35. The average molecular weight is 414 g/mol. The first-order chi connectivity index (χ1) is 14.1. The van der Waals surface area contributed by atoms with Crippen LogP contribution in [0.2, 0.25) is 0 Å². The highest BCUT2D eigenvalue weighted by Crippen LogP contribution is 2.27. The summed E-state index contributed by atoms with van der Waals surface area (Å²) in [5.41, 5.74) is 2.14. The molecular formula is C23H31N3O2S. The molecule has 0 saturated carbocycles. The second-order valence-corrected chi connectivity index (χ2v) is 8.67. The zero-order chi connectivity index (χ0) is 20.6. The lowest BCUT2D eigenvalue weighted by Crippen LogP contribution is -2.32. The summed E-state index contributed by atoms with van der Waals surface area (Å²) in [6, 6.07) is 8.22. The number of allylic oxidation sites excluding steroid dienone is 1. The van der Waals surface area contributed by atoms with Crippen LogP contribution >= 0.6 is 11.8 Å². The maximum absolute atomic E-state index is 12.6. The van der Waals surface area contributed by atoms with Crippen LogP contribution in [0.3, 0.4) is 0 Å². The van der Waals surface area contributed by atoms with Crippen molar-refractivity contribution in [3.8, 4) is 0 Å². The van der Waals surface area contributed by atoms with Crippen LogP contribution in [0.4, 0.5) is 5.69 Å². The number of anilines is 1. The SMILES string of the molecule is C=CS/C(=C\CC)NC(=O)C1CC(=O)N(c2ccc(CN3CCCCC3)cc2)C1. The fourth-order valence-corrected chi connectivity index (χ4v) is 4.52. The number of rotatable bonds is 8. The Balaban J connectivity index is 1.58. The lowest BCUT2D eigenvalue weighted by molar-refractivity contribution is -0.125. The van der Waals surface area contributed by atoms with E-state index in [1.165, 1.54) is 49.7 Å². The van der Waals surface area contributed by atoms with E-state index in [2.05, 4.69) is 28.9 Å². The molecule has 29 heavy (non-hydrogen) atoms. The monoisotopic (exact) mass is 413 g/mol. The Labute approximate surface area is 178 Å². The molecule has 1 aromatic carbocycles. The molecule has 6 heteroatoms. The van der Waals surface area contributed by atoms with Gasteiger partial charge >= 0.3 is 0 Å². The van der Waals surface area contributed by atoms with Crippen molar-refractivity contribution in [3.63, 3.8) is 0 Å². The van der Waals surface area contributed by atoms with Gasteiger partial charge in [-0.25, -0.2) is 0 Å². The summed E-state index contributed by atoms with van der Waals surface area (Å²) in [5.74, 6) is -0.427. The van der Waals surface area contributed by atoms with Gasteiger partial charge in [0.05, 0.1) is 10.9 Å². The van der Waals surface area contributed by atoms with Gasteiger partial charge in [-0.05, 0) is 55.5 Å². The summed E-state index contributed by atoms with van der Waals surface area (Å²) in [4.78, 5) is 29.4. The zero-order valence-corrected chi connectivity index (χ0v) is 18.0. The maximum Gasteiger partial charge on any atom is 0.230 e. The van der Waals surface area contributed by atoms with E-state index in [9.17, 15) is 9.59 Å². The number of piperidine rings is 1. The van der Waals surface area contributed by atoms with Crippen molar-refractivity contribution < 1.29 is 9.59 Å². The van der Waals surface area contributed by atoms with Crippen molar-refractivity contribution in [2.24, 2.45) is 5.92 Å². The number of amides is 2. The lowest BCUT2D eigenvalue weighted by Gasteiger charge is -2.26. The third kappa shape index (κ3) is 5.97. The molecule has 2 fully saturated rings. The van der Waals surface area contributed by atoms with Crippen molar-refractivity contribution in [1.29, 1.82) is 0 Å². The Morgan fingerprint density at radius 3 is 2.62 bits per heavy atom. The summed E-state index contributed by atoms with van der Waals surface area (Å²) >= 11 is 1.39. The quantitative estimate of drug-likeness (QED) is 0.691. The number of carbonyl (C=O) groups excluding carboxylic acids is 2. The second kappa shape index (κ2) is 10.6.